The number of amides is 3. The third-order valence-electron chi connectivity index (χ3n) is 9.78. The smallest absolute Gasteiger partial charge is 0.313 e. The maximum absolute atomic E-state index is 14.6. The number of benzene rings is 1. The third-order valence-corrected chi connectivity index (χ3v) is 10.6. The van der Waals surface area contributed by atoms with Gasteiger partial charge in [0.1, 0.15) is 17.7 Å². The number of aliphatic hydroxyl groups excluding tert-OH is 1. The fraction of sp³-hybridized carbons (Fsp3) is 0.611. The van der Waals surface area contributed by atoms with E-state index in [0.717, 1.165) is 0 Å². The monoisotopic (exact) mass is 731 g/mol. The van der Waals surface area contributed by atoms with Crippen LogP contribution in [0.1, 0.15) is 58.6 Å². The zero-order valence-corrected chi connectivity index (χ0v) is 30.1. The van der Waals surface area contributed by atoms with Gasteiger partial charge in [0, 0.05) is 30.9 Å². The van der Waals surface area contributed by atoms with Gasteiger partial charge in [-0.05, 0) is 38.2 Å². The number of carbonyl (C=O) groups excluding carboxylic acids is 4. The van der Waals surface area contributed by atoms with Gasteiger partial charge in [-0.25, -0.2) is 0 Å². The maximum Gasteiger partial charge on any atom is 0.313 e. The highest BCUT2D eigenvalue weighted by Crippen LogP contribution is 2.61. The molecule has 3 fully saturated rings. The van der Waals surface area contributed by atoms with Crippen LogP contribution in [-0.2, 0) is 33.4 Å². The van der Waals surface area contributed by atoms with E-state index in [1.807, 2.05) is 45.9 Å². The molecule has 4 rings (SSSR count). The number of ether oxygens (including phenoxy) is 3. The van der Waals surface area contributed by atoms with Crippen molar-refractivity contribution in [1.29, 1.82) is 0 Å². The van der Waals surface area contributed by atoms with Crippen LogP contribution in [0.15, 0.2) is 55.6 Å². The summed E-state index contributed by atoms with van der Waals surface area (Å²) < 4.78 is 18.4. The lowest BCUT2D eigenvalue weighted by Gasteiger charge is -2.41. The SMILES string of the molecule is C=CCCC(=O)N[C@@H](COC)[C@@H](OC(=O)[C@H]1[C@@H]2O[C@@]3(CC2Br)[C@@H]1C(=O)N([C@@H](CO)C(C)C)[C@@H]3C(=O)N(CC=C)C(C)C)c1ccccc1. The Balaban J connectivity index is 1.77. The molecule has 3 amide bonds. The molecule has 9 atom stereocenters. The van der Waals surface area contributed by atoms with Crippen LogP contribution in [0.5, 0.6) is 0 Å². The number of hydrogen-bond acceptors (Lipinski definition) is 8. The largest absolute Gasteiger partial charge is 0.455 e. The summed E-state index contributed by atoms with van der Waals surface area (Å²) in [5.41, 5.74) is -0.698. The van der Waals surface area contributed by atoms with E-state index in [1.165, 1.54) is 12.0 Å². The number of allylic oxidation sites excluding steroid dienone is 1. The number of likely N-dealkylation sites (tertiary alicyclic amines) is 1. The van der Waals surface area contributed by atoms with Crippen molar-refractivity contribution < 1.29 is 38.5 Å². The van der Waals surface area contributed by atoms with Gasteiger partial charge in [0.2, 0.25) is 17.7 Å². The molecular weight excluding hydrogens is 682 g/mol. The number of carbonyl (C=O) groups is 4. The number of aliphatic hydroxyl groups is 1. The van der Waals surface area contributed by atoms with Crippen molar-refractivity contribution in [3.8, 4) is 0 Å². The second kappa shape index (κ2) is 16.1. The van der Waals surface area contributed by atoms with E-state index in [0.29, 0.717) is 18.4 Å². The summed E-state index contributed by atoms with van der Waals surface area (Å²) in [7, 11) is 1.50. The minimum absolute atomic E-state index is 0.0515. The lowest BCUT2D eigenvalue weighted by atomic mass is 9.70. The molecule has 3 aliphatic heterocycles. The summed E-state index contributed by atoms with van der Waals surface area (Å²) in [6, 6.07) is 6.34. The molecule has 2 bridgehead atoms. The quantitative estimate of drug-likeness (QED) is 0.141. The number of hydrogen-bond donors (Lipinski definition) is 2. The Bertz CT molecular complexity index is 1340. The second-order valence-corrected chi connectivity index (χ2v) is 14.7. The standard InChI is InChI=1S/C36H50BrN3O8/c1-8-10-16-27(42)38-25(20-46-7)30(23-14-12-11-13-15-23)47-35(45)28-29-33(43)40(26(19-41)21(3)4)32(34(44)39(17-9-2)22(5)6)36(29)18-24(37)31(28)48-36/h8-9,11-15,21-22,24-26,28-32,41H,1-2,10,16-20H2,3-7H3,(H,38,42)/t24?,25-,26-,28+,29-,30-,31+,32+,36-/m0/s1. The van der Waals surface area contributed by atoms with Crippen molar-refractivity contribution in [3.05, 3.63) is 61.2 Å². The molecule has 11 nitrogen and oxygen atoms in total. The van der Waals surface area contributed by atoms with E-state index in [4.69, 9.17) is 14.2 Å². The average Bonchev–Trinajstić information content (AvgIpc) is 3.64. The van der Waals surface area contributed by atoms with Gasteiger partial charge in [-0.2, -0.15) is 0 Å². The van der Waals surface area contributed by atoms with Gasteiger partial charge in [-0.15, -0.1) is 13.2 Å². The first-order chi connectivity index (χ1) is 22.9. The van der Waals surface area contributed by atoms with Crippen molar-refractivity contribution in [3.63, 3.8) is 0 Å². The van der Waals surface area contributed by atoms with Gasteiger partial charge in [0.05, 0.1) is 43.2 Å². The van der Waals surface area contributed by atoms with E-state index in [1.54, 1.807) is 29.2 Å². The van der Waals surface area contributed by atoms with Crippen molar-refractivity contribution >= 4 is 39.6 Å². The van der Waals surface area contributed by atoms with Crippen LogP contribution in [-0.4, -0.2) is 106 Å². The number of esters is 1. The molecule has 1 aromatic rings. The number of halogens is 1. The van der Waals surface area contributed by atoms with Gasteiger partial charge in [-0.1, -0.05) is 72.3 Å². The molecule has 1 unspecified atom stereocenters. The van der Waals surface area contributed by atoms with E-state index in [9.17, 15) is 24.3 Å². The summed E-state index contributed by atoms with van der Waals surface area (Å²) in [4.78, 5) is 59.3. The second-order valence-electron chi connectivity index (χ2n) is 13.5. The lowest BCUT2D eigenvalue weighted by Crippen LogP contribution is -2.60. The molecule has 3 heterocycles. The van der Waals surface area contributed by atoms with Crippen LogP contribution in [0.2, 0.25) is 0 Å². The Morgan fingerprint density at radius 1 is 1.19 bits per heavy atom. The first kappa shape index (κ1) is 37.8. The Hall–Kier alpha value is -3.06. The molecule has 0 aromatic heterocycles. The number of rotatable bonds is 17. The van der Waals surface area contributed by atoms with Crippen LogP contribution in [0.3, 0.4) is 0 Å². The molecule has 1 spiro atoms. The Kier molecular flexibility index (Phi) is 12.7. The van der Waals surface area contributed by atoms with Crippen LogP contribution in [0, 0.1) is 17.8 Å². The van der Waals surface area contributed by atoms with E-state index in [2.05, 4.69) is 34.4 Å². The zero-order valence-electron chi connectivity index (χ0n) is 28.5. The topological polar surface area (TPSA) is 135 Å². The van der Waals surface area contributed by atoms with Crippen LogP contribution in [0.4, 0.5) is 0 Å². The maximum atomic E-state index is 14.6. The Morgan fingerprint density at radius 2 is 1.88 bits per heavy atom. The van der Waals surface area contributed by atoms with Gasteiger partial charge in [0.15, 0.2) is 0 Å². The van der Waals surface area contributed by atoms with Crippen molar-refractivity contribution in [2.45, 2.75) is 93.8 Å². The molecule has 1 aromatic carbocycles. The fourth-order valence-electron chi connectivity index (χ4n) is 7.57. The third kappa shape index (κ3) is 7.13. The molecule has 2 N–H and O–H groups in total. The van der Waals surface area contributed by atoms with Crippen LogP contribution in [0.25, 0.3) is 0 Å². The van der Waals surface area contributed by atoms with Crippen molar-refractivity contribution in [2.24, 2.45) is 17.8 Å². The normalized spacial score (nSPS) is 27.8. The minimum Gasteiger partial charge on any atom is -0.455 e. The molecule has 48 heavy (non-hydrogen) atoms. The molecule has 0 saturated carbocycles. The highest BCUT2D eigenvalue weighted by atomic mass is 79.9. The number of methoxy groups -OCH3 is 1. The van der Waals surface area contributed by atoms with E-state index < -0.39 is 59.6 Å². The predicted molar refractivity (Wildman–Crippen MR) is 184 cm³/mol. The Labute approximate surface area is 292 Å². The predicted octanol–water partition coefficient (Wildman–Crippen LogP) is 3.56. The summed E-state index contributed by atoms with van der Waals surface area (Å²) in [6.45, 7) is 15.0. The first-order valence-electron chi connectivity index (χ1n) is 16.7. The molecule has 0 aliphatic carbocycles. The first-order valence-corrected chi connectivity index (χ1v) is 17.6. The minimum atomic E-state index is -1.33. The van der Waals surface area contributed by atoms with Crippen molar-refractivity contribution in [1.82, 2.24) is 15.1 Å². The van der Waals surface area contributed by atoms with Crippen LogP contribution < -0.4 is 5.32 Å². The van der Waals surface area contributed by atoms with E-state index >= 15 is 0 Å². The van der Waals surface area contributed by atoms with Gasteiger partial charge in [-0.3, -0.25) is 19.2 Å². The summed E-state index contributed by atoms with van der Waals surface area (Å²) >= 11 is 3.72. The Morgan fingerprint density at radius 3 is 2.44 bits per heavy atom. The fourth-order valence-corrected chi connectivity index (χ4v) is 8.51. The molecular formula is C36H50BrN3O8. The number of nitrogens with one attached hydrogen (secondary N) is 1. The molecule has 3 saturated heterocycles. The highest BCUT2D eigenvalue weighted by molar-refractivity contribution is 9.09. The number of fused-ring (bicyclic) bond motifs is 1. The summed E-state index contributed by atoms with van der Waals surface area (Å²) in [6.07, 6.45) is 2.58. The molecule has 264 valence electrons. The van der Waals surface area contributed by atoms with Gasteiger partial charge in [0.25, 0.3) is 0 Å². The van der Waals surface area contributed by atoms with E-state index in [-0.39, 0.29) is 54.8 Å². The van der Waals surface area contributed by atoms with Gasteiger partial charge >= 0.3 is 5.97 Å². The molecule has 0 radical (unpaired) electrons. The molecule has 12 heteroatoms. The summed E-state index contributed by atoms with van der Waals surface area (Å²) in [5, 5.41) is 13.5. The lowest BCUT2D eigenvalue weighted by molar-refractivity contribution is -0.163. The van der Waals surface area contributed by atoms with Crippen molar-refractivity contribution in [2.75, 3.05) is 26.9 Å². The van der Waals surface area contributed by atoms with Gasteiger partial charge < -0.3 is 34.4 Å². The summed E-state index contributed by atoms with van der Waals surface area (Å²) in [5.74, 6) is -3.95. The average molecular weight is 733 g/mol. The zero-order chi connectivity index (χ0) is 35.3. The highest BCUT2D eigenvalue weighted by Gasteiger charge is 2.77. The molecule has 3 aliphatic rings. The van der Waals surface area contributed by atoms with Crippen LogP contribution >= 0.6 is 15.9 Å². The number of nitrogens with zero attached hydrogens (tertiary/aromatic N) is 2. The number of alkyl halides is 1.